The summed E-state index contributed by atoms with van der Waals surface area (Å²) in [5.74, 6) is -1.35. The molecule has 0 saturated heterocycles. The minimum Gasteiger partial charge on any atom is -0.481 e. The maximum atomic E-state index is 12.0. The summed E-state index contributed by atoms with van der Waals surface area (Å²) in [5, 5.41) is 18.5. The Morgan fingerprint density at radius 1 is 0.696 bits per heavy atom. The van der Waals surface area contributed by atoms with Gasteiger partial charge in [0.25, 0.3) is 0 Å². The smallest absolute Gasteiger partial charge is 0.309 e. The summed E-state index contributed by atoms with van der Waals surface area (Å²) >= 11 is 0. The third-order valence-electron chi connectivity index (χ3n) is 5.31. The van der Waals surface area contributed by atoms with Crippen LogP contribution in [0.1, 0.15) is 103 Å². The number of unbranched alkanes of at least 4 members (excludes halogenated alkanes) is 3. The van der Waals surface area contributed by atoms with Gasteiger partial charge in [0.05, 0.1) is 5.41 Å². The van der Waals surface area contributed by atoms with Gasteiger partial charge in [-0.05, 0) is 25.7 Å². The Kier molecular flexibility index (Phi) is 9.97. The molecule has 0 amide bonds. The van der Waals surface area contributed by atoms with Crippen LogP contribution in [0.25, 0.3) is 0 Å². The van der Waals surface area contributed by atoms with E-state index in [1.807, 2.05) is 0 Å². The first-order valence-electron chi connectivity index (χ1n) is 9.52. The normalized spacial score (nSPS) is 19.7. The molecule has 1 rings (SSSR count). The predicted molar refractivity (Wildman–Crippen MR) is 91.6 cm³/mol. The van der Waals surface area contributed by atoms with Crippen molar-refractivity contribution in [2.75, 3.05) is 0 Å². The van der Waals surface area contributed by atoms with Gasteiger partial charge >= 0.3 is 11.9 Å². The van der Waals surface area contributed by atoms with Crippen molar-refractivity contribution in [2.45, 2.75) is 103 Å². The number of hydrogen-bond acceptors (Lipinski definition) is 2. The highest BCUT2D eigenvalue weighted by Crippen LogP contribution is 2.38. The fourth-order valence-corrected chi connectivity index (χ4v) is 3.78. The maximum absolute atomic E-state index is 12.0. The summed E-state index contributed by atoms with van der Waals surface area (Å²) in [4.78, 5) is 22.5. The molecular formula is C19H34O4. The maximum Gasteiger partial charge on any atom is 0.309 e. The monoisotopic (exact) mass is 326 g/mol. The van der Waals surface area contributed by atoms with Gasteiger partial charge in [0.1, 0.15) is 0 Å². The lowest BCUT2D eigenvalue weighted by Crippen LogP contribution is -2.31. The minimum absolute atomic E-state index is 0.226. The van der Waals surface area contributed by atoms with Gasteiger partial charge in [0.2, 0.25) is 0 Å². The fourth-order valence-electron chi connectivity index (χ4n) is 3.78. The molecule has 0 unspecified atom stereocenters. The van der Waals surface area contributed by atoms with E-state index in [1.54, 1.807) is 0 Å². The van der Waals surface area contributed by atoms with Crippen molar-refractivity contribution in [3.63, 3.8) is 0 Å². The summed E-state index contributed by atoms with van der Waals surface area (Å²) < 4.78 is 0. The van der Waals surface area contributed by atoms with Crippen molar-refractivity contribution in [3.8, 4) is 0 Å². The lowest BCUT2D eigenvalue weighted by atomic mass is 9.74. The quantitative estimate of drug-likeness (QED) is 0.586. The summed E-state index contributed by atoms with van der Waals surface area (Å²) in [6.45, 7) is 0. The standard InChI is InChI=1S/C19H34O4/c20-17(21)13-9-5-8-12-16-19(18(22)23)14-10-6-3-1-2-4-7-11-15-19/h1-16H2,(H,20,21)(H,22,23). The Balaban J connectivity index is 2.45. The third kappa shape index (κ3) is 8.38. The molecular weight excluding hydrogens is 292 g/mol. The van der Waals surface area contributed by atoms with Gasteiger partial charge < -0.3 is 10.2 Å². The highest BCUT2D eigenvalue weighted by Gasteiger charge is 2.36. The zero-order chi connectivity index (χ0) is 17.0. The predicted octanol–water partition coefficient (Wildman–Crippen LogP) is 5.40. The van der Waals surface area contributed by atoms with E-state index in [-0.39, 0.29) is 6.42 Å². The van der Waals surface area contributed by atoms with Crippen LogP contribution in [0, 0.1) is 5.41 Å². The second-order valence-corrected chi connectivity index (χ2v) is 7.22. The Hall–Kier alpha value is -1.06. The Labute approximate surface area is 140 Å². The van der Waals surface area contributed by atoms with Gasteiger partial charge in [-0.3, -0.25) is 9.59 Å². The molecule has 0 aromatic heterocycles. The van der Waals surface area contributed by atoms with Crippen LogP contribution in [-0.4, -0.2) is 22.2 Å². The van der Waals surface area contributed by atoms with Crippen LogP contribution in [0.3, 0.4) is 0 Å². The zero-order valence-corrected chi connectivity index (χ0v) is 14.5. The first-order valence-corrected chi connectivity index (χ1v) is 9.52. The number of carboxylic acid groups (broad SMARTS) is 2. The molecule has 0 heterocycles. The second kappa shape index (κ2) is 11.5. The van der Waals surface area contributed by atoms with Crippen LogP contribution >= 0.6 is 0 Å². The fraction of sp³-hybridized carbons (Fsp3) is 0.895. The molecule has 0 radical (unpaired) electrons. The Bertz CT molecular complexity index is 339. The molecule has 0 aromatic carbocycles. The van der Waals surface area contributed by atoms with Crippen LogP contribution in [0.5, 0.6) is 0 Å². The number of carboxylic acids is 2. The van der Waals surface area contributed by atoms with Gasteiger partial charge in [0, 0.05) is 6.42 Å². The summed E-state index contributed by atoms with van der Waals surface area (Å²) in [5.41, 5.74) is -0.531. The summed E-state index contributed by atoms with van der Waals surface area (Å²) in [7, 11) is 0. The van der Waals surface area contributed by atoms with E-state index in [0.717, 1.165) is 64.2 Å². The van der Waals surface area contributed by atoms with Crippen LogP contribution in [-0.2, 0) is 9.59 Å². The van der Waals surface area contributed by atoms with Gasteiger partial charge in [-0.15, -0.1) is 0 Å². The molecule has 2 N–H and O–H groups in total. The summed E-state index contributed by atoms with van der Waals surface area (Å²) in [6, 6.07) is 0. The first-order chi connectivity index (χ1) is 11.1. The molecule has 1 aliphatic carbocycles. The minimum atomic E-state index is -0.740. The van der Waals surface area contributed by atoms with Crippen molar-refractivity contribution in [1.82, 2.24) is 0 Å². The third-order valence-corrected chi connectivity index (χ3v) is 5.31. The van der Waals surface area contributed by atoms with E-state index in [1.165, 1.54) is 25.7 Å². The van der Waals surface area contributed by atoms with Crippen LogP contribution < -0.4 is 0 Å². The lowest BCUT2D eigenvalue weighted by molar-refractivity contribution is -0.150. The number of carbonyl (C=O) groups is 2. The zero-order valence-electron chi connectivity index (χ0n) is 14.5. The van der Waals surface area contributed by atoms with E-state index >= 15 is 0 Å². The molecule has 23 heavy (non-hydrogen) atoms. The molecule has 1 saturated carbocycles. The SMILES string of the molecule is O=C(O)CCCCCCC1(C(=O)O)CCCCCCCCCC1. The molecule has 0 aromatic rings. The van der Waals surface area contributed by atoms with E-state index in [0.29, 0.717) is 6.42 Å². The van der Waals surface area contributed by atoms with E-state index in [4.69, 9.17) is 5.11 Å². The average molecular weight is 326 g/mol. The highest BCUT2D eigenvalue weighted by molar-refractivity contribution is 5.74. The van der Waals surface area contributed by atoms with Crippen LogP contribution in [0.15, 0.2) is 0 Å². The number of hydrogen-bond donors (Lipinski definition) is 2. The van der Waals surface area contributed by atoms with Gasteiger partial charge in [0.15, 0.2) is 0 Å². The Morgan fingerprint density at radius 3 is 1.65 bits per heavy atom. The number of aliphatic carboxylic acids is 2. The molecule has 0 aliphatic heterocycles. The molecule has 1 fully saturated rings. The second-order valence-electron chi connectivity index (χ2n) is 7.22. The van der Waals surface area contributed by atoms with E-state index < -0.39 is 17.4 Å². The molecule has 1 aliphatic rings. The van der Waals surface area contributed by atoms with Crippen molar-refractivity contribution < 1.29 is 19.8 Å². The highest BCUT2D eigenvalue weighted by atomic mass is 16.4. The van der Waals surface area contributed by atoms with Crippen molar-refractivity contribution in [3.05, 3.63) is 0 Å². The van der Waals surface area contributed by atoms with Crippen molar-refractivity contribution >= 4 is 11.9 Å². The van der Waals surface area contributed by atoms with Crippen LogP contribution in [0.4, 0.5) is 0 Å². The molecule has 0 spiro atoms. The number of rotatable bonds is 8. The molecule has 4 heteroatoms. The molecule has 0 bridgehead atoms. The molecule has 4 nitrogen and oxygen atoms in total. The van der Waals surface area contributed by atoms with E-state index in [9.17, 15) is 14.7 Å². The molecule has 134 valence electrons. The average Bonchev–Trinajstić information content (AvgIpc) is 2.55. The Morgan fingerprint density at radius 2 is 1.17 bits per heavy atom. The van der Waals surface area contributed by atoms with Crippen molar-refractivity contribution in [2.24, 2.45) is 5.41 Å². The van der Waals surface area contributed by atoms with Gasteiger partial charge in [-0.25, -0.2) is 0 Å². The van der Waals surface area contributed by atoms with Crippen molar-refractivity contribution in [1.29, 1.82) is 0 Å². The summed E-state index contributed by atoms with van der Waals surface area (Å²) in [6.07, 6.45) is 15.5. The van der Waals surface area contributed by atoms with Gasteiger partial charge in [-0.2, -0.15) is 0 Å². The molecule has 0 atom stereocenters. The first kappa shape index (κ1) is 20.0. The van der Waals surface area contributed by atoms with E-state index in [2.05, 4.69) is 0 Å². The topological polar surface area (TPSA) is 74.6 Å². The lowest BCUT2D eigenvalue weighted by Gasteiger charge is -2.30. The largest absolute Gasteiger partial charge is 0.481 e. The van der Waals surface area contributed by atoms with Gasteiger partial charge in [-0.1, -0.05) is 70.6 Å². The van der Waals surface area contributed by atoms with Crippen LogP contribution in [0.2, 0.25) is 0 Å².